The minimum atomic E-state index is -2.71. The number of hydrogen-bond donors (Lipinski definition) is 3. The Hall–Kier alpha value is -3.35. The fourth-order valence-corrected chi connectivity index (χ4v) is 5.86. The van der Waals surface area contributed by atoms with Gasteiger partial charge in [0.1, 0.15) is 5.75 Å². The van der Waals surface area contributed by atoms with Crippen LogP contribution >= 0.6 is 0 Å². The fourth-order valence-electron chi connectivity index (χ4n) is 5.86. The summed E-state index contributed by atoms with van der Waals surface area (Å²) in [5.74, 6) is -4.87. The Morgan fingerprint density at radius 1 is 1.18 bits per heavy atom. The van der Waals surface area contributed by atoms with E-state index in [4.69, 9.17) is 5.73 Å². The number of phenolic OH excluding ortho intramolecular Hbond substituents is 1. The van der Waals surface area contributed by atoms with Gasteiger partial charge in [-0.1, -0.05) is 5.92 Å². The zero-order chi connectivity index (χ0) is 24.4. The van der Waals surface area contributed by atoms with Crippen molar-refractivity contribution in [2.75, 3.05) is 14.1 Å². The second-order valence-electron chi connectivity index (χ2n) is 9.15. The zero-order valence-corrected chi connectivity index (χ0v) is 18.4. The molecule has 4 N–H and O–H groups in total. The Balaban J connectivity index is 1.89. The molecule has 0 bridgehead atoms. The average Bonchev–Trinajstić information content (AvgIpc) is 2.72. The van der Waals surface area contributed by atoms with Gasteiger partial charge in [-0.15, -0.1) is 5.92 Å². The van der Waals surface area contributed by atoms with Crippen molar-refractivity contribution in [1.82, 2.24) is 4.90 Å². The van der Waals surface area contributed by atoms with Crippen LogP contribution in [0.5, 0.6) is 5.75 Å². The van der Waals surface area contributed by atoms with Crippen LogP contribution in [0.3, 0.4) is 0 Å². The first kappa shape index (κ1) is 22.8. The molecule has 0 radical (unpaired) electrons. The molecule has 1 aromatic rings. The number of aromatic hydroxyl groups is 1. The number of phenols is 1. The molecule has 0 aromatic heterocycles. The van der Waals surface area contributed by atoms with E-state index >= 15 is 0 Å². The standard InChI is InChI=1S/C24H24N2O7/c1-4-5-10-6-7-14(27)16-12(10)8-11-9-13-18(26(2)3)20(29)17(23(25)32)22(31)24(13,33)21(30)15(11)19(16)28/h6-7,11,13,15,17-18,27,33H,8-9H2,1-3H3,(H2,25,32). The van der Waals surface area contributed by atoms with Crippen LogP contribution in [0.1, 0.15) is 34.8 Å². The van der Waals surface area contributed by atoms with Gasteiger partial charge in [-0.2, -0.15) is 0 Å². The molecule has 4 rings (SSSR count). The van der Waals surface area contributed by atoms with Gasteiger partial charge in [-0.25, -0.2) is 0 Å². The van der Waals surface area contributed by atoms with Crippen LogP contribution in [-0.4, -0.2) is 69.9 Å². The van der Waals surface area contributed by atoms with Crippen LogP contribution in [0.4, 0.5) is 0 Å². The molecule has 0 heterocycles. The Morgan fingerprint density at radius 2 is 1.85 bits per heavy atom. The minimum Gasteiger partial charge on any atom is -0.507 e. The highest BCUT2D eigenvalue weighted by molar-refractivity contribution is 6.32. The number of carbonyl (C=O) groups excluding carboxylic acids is 5. The second-order valence-corrected chi connectivity index (χ2v) is 9.15. The topological polar surface area (TPSA) is 155 Å². The van der Waals surface area contributed by atoms with E-state index in [1.54, 1.807) is 27.1 Å². The summed E-state index contributed by atoms with van der Waals surface area (Å²) in [5, 5.41) is 21.9. The van der Waals surface area contributed by atoms with Crippen molar-refractivity contribution < 1.29 is 34.2 Å². The molecular weight excluding hydrogens is 428 g/mol. The summed E-state index contributed by atoms with van der Waals surface area (Å²) in [6.45, 7) is 1.63. The van der Waals surface area contributed by atoms with Crippen molar-refractivity contribution >= 4 is 29.0 Å². The highest BCUT2D eigenvalue weighted by Crippen LogP contribution is 2.50. The number of amides is 1. The smallest absolute Gasteiger partial charge is 0.235 e. The summed E-state index contributed by atoms with van der Waals surface area (Å²) in [6, 6.07) is 1.79. The van der Waals surface area contributed by atoms with Gasteiger partial charge in [0.25, 0.3) is 0 Å². The van der Waals surface area contributed by atoms with Crippen LogP contribution in [-0.2, 0) is 25.6 Å². The molecule has 0 aliphatic heterocycles. The molecule has 2 saturated carbocycles. The maximum absolute atomic E-state index is 13.6. The third kappa shape index (κ3) is 2.98. The number of benzene rings is 1. The molecule has 3 aliphatic rings. The molecule has 33 heavy (non-hydrogen) atoms. The first-order valence-electron chi connectivity index (χ1n) is 10.6. The Morgan fingerprint density at radius 3 is 2.42 bits per heavy atom. The number of fused-ring (bicyclic) bond motifs is 3. The predicted octanol–water partition coefficient (Wildman–Crippen LogP) is -0.762. The van der Waals surface area contributed by atoms with Gasteiger partial charge in [-0.05, 0) is 57.5 Å². The number of likely N-dealkylation sites (N-methyl/N-ethyl adjacent to an activating group) is 1. The number of primary amides is 1. The van der Waals surface area contributed by atoms with Crippen molar-refractivity contribution in [3.05, 3.63) is 28.8 Å². The monoisotopic (exact) mass is 452 g/mol. The van der Waals surface area contributed by atoms with E-state index in [9.17, 15) is 34.2 Å². The van der Waals surface area contributed by atoms with E-state index in [-0.39, 0.29) is 24.2 Å². The fraction of sp³-hybridized carbons (Fsp3) is 0.458. The van der Waals surface area contributed by atoms with E-state index in [2.05, 4.69) is 11.8 Å². The van der Waals surface area contributed by atoms with E-state index in [1.807, 2.05) is 0 Å². The Bertz CT molecular complexity index is 1190. The Kier molecular flexibility index (Phi) is 5.26. The normalized spacial score (nSPS) is 33.1. The lowest BCUT2D eigenvalue weighted by molar-refractivity contribution is -0.181. The van der Waals surface area contributed by atoms with E-state index in [1.165, 1.54) is 11.0 Å². The lowest BCUT2D eigenvalue weighted by Crippen LogP contribution is -2.74. The number of rotatable bonds is 2. The first-order valence-corrected chi connectivity index (χ1v) is 10.6. The van der Waals surface area contributed by atoms with Gasteiger partial charge in [0.05, 0.1) is 17.5 Å². The summed E-state index contributed by atoms with van der Waals surface area (Å²) in [5.41, 5.74) is 3.56. The molecule has 6 atom stereocenters. The largest absolute Gasteiger partial charge is 0.507 e. The molecule has 0 saturated heterocycles. The summed E-state index contributed by atoms with van der Waals surface area (Å²) >= 11 is 0. The van der Waals surface area contributed by atoms with Crippen molar-refractivity contribution in [2.45, 2.75) is 31.4 Å². The second kappa shape index (κ2) is 7.61. The van der Waals surface area contributed by atoms with Gasteiger partial charge in [0.2, 0.25) is 5.91 Å². The highest BCUT2D eigenvalue weighted by atomic mass is 16.3. The summed E-state index contributed by atoms with van der Waals surface area (Å²) in [4.78, 5) is 66.6. The van der Waals surface area contributed by atoms with Crippen LogP contribution in [0.25, 0.3) is 0 Å². The quantitative estimate of drug-likeness (QED) is 0.391. The van der Waals surface area contributed by atoms with Crippen molar-refractivity contribution in [3.8, 4) is 17.6 Å². The van der Waals surface area contributed by atoms with Crippen molar-refractivity contribution in [1.29, 1.82) is 0 Å². The predicted molar refractivity (Wildman–Crippen MR) is 114 cm³/mol. The molecule has 1 amide bonds. The van der Waals surface area contributed by atoms with E-state index < -0.39 is 64.4 Å². The van der Waals surface area contributed by atoms with E-state index in [0.717, 1.165) is 0 Å². The molecule has 9 heteroatoms. The highest BCUT2D eigenvalue weighted by Gasteiger charge is 2.69. The van der Waals surface area contributed by atoms with E-state index in [0.29, 0.717) is 11.1 Å². The third-order valence-electron chi connectivity index (χ3n) is 7.20. The molecule has 9 nitrogen and oxygen atoms in total. The lowest BCUT2D eigenvalue weighted by atomic mass is 9.52. The van der Waals surface area contributed by atoms with Gasteiger partial charge in [-0.3, -0.25) is 28.9 Å². The van der Waals surface area contributed by atoms with Crippen LogP contribution in [0.2, 0.25) is 0 Å². The Labute approximate surface area is 189 Å². The number of ketones is 4. The number of nitrogens with zero attached hydrogens (tertiary/aromatic N) is 1. The van der Waals surface area contributed by atoms with Crippen LogP contribution in [0.15, 0.2) is 12.1 Å². The van der Waals surface area contributed by atoms with Crippen LogP contribution < -0.4 is 5.73 Å². The zero-order valence-electron chi connectivity index (χ0n) is 18.4. The molecule has 3 aliphatic carbocycles. The maximum atomic E-state index is 13.6. The van der Waals surface area contributed by atoms with Gasteiger partial charge in [0.15, 0.2) is 34.7 Å². The summed E-state index contributed by atoms with van der Waals surface area (Å²) in [6.07, 6.45) is 0.211. The average molecular weight is 452 g/mol. The van der Waals surface area contributed by atoms with Gasteiger partial charge >= 0.3 is 0 Å². The molecule has 172 valence electrons. The number of aliphatic hydroxyl groups is 1. The maximum Gasteiger partial charge on any atom is 0.235 e. The third-order valence-corrected chi connectivity index (χ3v) is 7.20. The van der Waals surface area contributed by atoms with Crippen LogP contribution in [0, 0.1) is 35.5 Å². The lowest BCUT2D eigenvalue weighted by Gasteiger charge is -2.52. The number of carbonyl (C=O) groups is 5. The summed E-state index contributed by atoms with van der Waals surface area (Å²) in [7, 11) is 3.09. The van der Waals surface area contributed by atoms with Crippen molar-refractivity contribution in [2.24, 2.45) is 29.4 Å². The van der Waals surface area contributed by atoms with Gasteiger partial charge < -0.3 is 15.9 Å². The number of hydrogen-bond acceptors (Lipinski definition) is 8. The molecule has 6 unspecified atom stereocenters. The summed E-state index contributed by atoms with van der Waals surface area (Å²) < 4.78 is 0. The van der Waals surface area contributed by atoms with Crippen molar-refractivity contribution in [3.63, 3.8) is 0 Å². The minimum absolute atomic E-state index is 0.0124. The number of nitrogens with two attached hydrogens (primary N) is 1. The number of Topliss-reactive ketones (excluding diaryl/α,β-unsaturated/α-hetero) is 4. The molecular formula is C24H24N2O7. The first-order chi connectivity index (χ1) is 15.5. The molecule has 0 spiro atoms. The van der Waals surface area contributed by atoms with Gasteiger partial charge in [0, 0.05) is 11.5 Å². The molecule has 2 fully saturated rings. The molecule has 1 aromatic carbocycles. The SMILES string of the molecule is CC#Cc1ccc(O)c2c1CC1CC3C(N(C)C)C(=O)C(C(N)=O)C(=O)C3(O)C(=O)C1C2=O.